The SMILES string of the molecule is Cc1nn(CC(C)C)c(C)c1CCC(=O)NNc1c(F)c(F)c(F)c(F)c1F. The molecule has 2 N–H and O–H groups in total. The number of anilines is 1. The summed E-state index contributed by atoms with van der Waals surface area (Å²) >= 11 is 0. The van der Waals surface area contributed by atoms with Gasteiger partial charge in [0.15, 0.2) is 23.3 Å². The van der Waals surface area contributed by atoms with Crippen LogP contribution in [0.5, 0.6) is 0 Å². The largest absolute Gasteiger partial charge is 0.293 e. The van der Waals surface area contributed by atoms with Crippen molar-refractivity contribution in [2.24, 2.45) is 5.92 Å². The monoisotopic (exact) mass is 404 g/mol. The molecule has 0 radical (unpaired) electrons. The number of nitrogens with zero attached hydrogens (tertiary/aromatic N) is 2. The van der Waals surface area contributed by atoms with Crippen LogP contribution in [0.1, 0.15) is 37.2 Å². The Balaban J connectivity index is 2.03. The molecule has 0 atom stereocenters. The number of benzene rings is 1. The van der Waals surface area contributed by atoms with Crippen LogP contribution in [0, 0.1) is 48.9 Å². The molecule has 0 saturated heterocycles. The fraction of sp³-hybridized carbons (Fsp3) is 0.444. The first-order valence-electron chi connectivity index (χ1n) is 8.63. The molecule has 1 amide bonds. The Morgan fingerprint density at radius 1 is 1.00 bits per heavy atom. The van der Waals surface area contributed by atoms with E-state index in [4.69, 9.17) is 0 Å². The normalized spacial score (nSPS) is 11.2. The van der Waals surface area contributed by atoms with Crippen molar-refractivity contribution in [3.05, 3.63) is 46.0 Å². The molecule has 0 aliphatic rings. The van der Waals surface area contributed by atoms with E-state index in [-0.39, 0.29) is 6.42 Å². The van der Waals surface area contributed by atoms with Crippen LogP contribution < -0.4 is 10.9 Å². The van der Waals surface area contributed by atoms with E-state index in [9.17, 15) is 26.7 Å². The lowest BCUT2D eigenvalue weighted by atomic mass is 10.1. The first-order valence-corrected chi connectivity index (χ1v) is 8.63. The van der Waals surface area contributed by atoms with Gasteiger partial charge in [-0.1, -0.05) is 13.8 Å². The Bertz CT molecular complexity index is 866. The fourth-order valence-corrected chi connectivity index (χ4v) is 2.77. The molecule has 2 rings (SSSR count). The van der Waals surface area contributed by atoms with Crippen molar-refractivity contribution in [2.75, 3.05) is 5.43 Å². The van der Waals surface area contributed by atoms with E-state index in [2.05, 4.69) is 18.9 Å². The number of amides is 1. The minimum absolute atomic E-state index is 0.0720. The molecule has 2 aromatic rings. The van der Waals surface area contributed by atoms with Crippen molar-refractivity contribution >= 4 is 11.6 Å². The second kappa shape index (κ2) is 8.57. The molecule has 0 saturated carbocycles. The lowest BCUT2D eigenvalue weighted by Gasteiger charge is -2.12. The molecule has 0 bridgehead atoms. The van der Waals surface area contributed by atoms with E-state index < -0.39 is 40.7 Å². The number of rotatable bonds is 7. The van der Waals surface area contributed by atoms with Crippen LogP contribution in [0.4, 0.5) is 27.6 Å². The van der Waals surface area contributed by atoms with Crippen molar-refractivity contribution in [2.45, 2.75) is 47.1 Å². The Morgan fingerprint density at radius 3 is 2.07 bits per heavy atom. The van der Waals surface area contributed by atoms with Crippen molar-refractivity contribution in [3.8, 4) is 0 Å². The summed E-state index contributed by atoms with van der Waals surface area (Å²) in [7, 11) is 0. The summed E-state index contributed by atoms with van der Waals surface area (Å²) in [5.74, 6) is -10.9. The van der Waals surface area contributed by atoms with Crippen molar-refractivity contribution in [1.82, 2.24) is 15.2 Å². The van der Waals surface area contributed by atoms with Gasteiger partial charge in [-0.15, -0.1) is 0 Å². The number of nitrogens with one attached hydrogen (secondary N) is 2. The second-order valence-corrected chi connectivity index (χ2v) is 6.84. The smallest absolute Gasteiger partial charge is 0.238 e. The van der Waals surface area contributed by atoms with E-state index in [1.165, 1.54) is 0 Å². The number of carbonyl (C=O) groups excluding carboxylic acids is 1. The van der Waals surface area contributed by atoms with Gasteiger partial charge in [0.25, 0.3) is 0 Å². The molecule has 0 unspecified atom stereocenters. The molecule has 154 valence electrons. The summed E-state index contributed by atoms with van der Waals surface area (Å²) in [6, 6.07) is 0. The molecule has 1 aromatic heterocycles. The summed E-state index contributed by atoms with van der Waals surface area (Å²) in [4.78, 5) is 11.9. The van der Waals surface area contributed by atoms with E-state index >= 15 is 0 Å². The zero-order valence-electron chi connectivity index (χ0n) is 15.9. The zero-order chi connectivity index (χ0) is 21.2. The number of aryl methyl sites for hydroxylation is 1. The van der Waals surface area contributed by atoms with E-state index in [1.807, 2.05) is 24.0 Å². The highest BCUT2D eigenvalue weighted by Crippen LogP contribution is 2.26. The Hall–Kier alpha value is -2.65. The molecule has 0 aliphatic carbocycles. The maximum Gasteiger partial charge on any atom is 0.238 e. The highest BCUT2D eigenvalue weighted by molar-refractivity contribution is 5.77. The van der Waals surface area contributed by atoms with Crippen LogP contribution in [0.3, 0.4) is 0 Å². The zero-order valence-corrected chi connectivity index (χ0v) is 15.9. The van der Waals surface area contributed by atoms with Crippen LogP contribution in [0.25, 0.3) is 0 Å². The fourth-order valence-electron chi connectivity index (χ4n) is 2.77. The Morgan fingerprint density at radius 2 is 1.54 bits per heavy atom. The third kappa shape index (κ3) is 4.42. The quantitative estimate of drug-likeness (QED) is 0.318. The summed E-state index contributed by atoms with van der Waals surface area (Å²) in [5.41, 5.74) is 4.94. The van der Waals surface area contributed by atoms with Gasteiger partial charge in [-0.25, -0.2) is 22.0 Å². The minimum Gasteiger partial charge on any atom is -0.293 e. The van der Waals surface area contributed by atoms with E-state index in [0.717, 1.165) is 23.5 Å². The van der Waals surface area contributed by atoms with Gasteiger partial charge in [0.2, 0.25) is 11.7 Å². The first-order chi connectivity index (χ1) is 13.0. The van der Waals surface area contributed by atoms with Gasteiger partial charge >= 0.3 is 0 Å². The van der Waals surface area contributed by atoms with Gasteiger partial charge in [0.05, 0.1) is 5.69 Å². The van der Waals surface area contributed by atoms with Gasteiger partial charge in [-0.3, -0.25) is 20.3 Å². The van der Waals surface area contributed by atoms with Crippen LogP contribution in [0.2, 0.25) is 0 Å². The number of hydrazine groups is 1. The van der Waals surface area contributed by atoms with Gasteiger partial charge < -0.3 is 0 Å². The summed E-state index contributed by atoms with van der Waals surface area (Å²) in [5, 5.41) is 4.42. The van der Waals surface area contributed by atoms with E-state index in [1.54, 1.807) is 5.43 Å². The summed E-state index contributed by atoms with van der Waals surface area (Å²) in [6.45, 7) is 8.51. The number of halogens is 5. The molecule has 5 nitrogen and oxygen atoms in total. The Labute approximate surface area is 158 Å². The van der Waals surface area contributed by atoms with Gasteiger partial charge in [-0.2, -0.15) is 5.10 Å². The molecule has 0 fully saturated rings. The first kappa shape index (κ1) is 21.6. The maximum absolute atomic E-state index is 13.6. The van der Waals surface area contributed by atoms with Crippen molar-refractivity contribution in [1.29, 1.82) is 0 Å². The van der Waals surface area contributed by atoms with Crippen molar-refractivity contribution < 1.29 is 26.7 Å². The molecule has 28 heavy (non-hydrogen) atoms. The number of carbonyl (C=O) groups is 1. The van der Waals surface area contributed by atoms with Crippen LogP contribution >= 0.6 is 0 Å². The molecule has 0 aliphatic heterocycles. The molecular formula is C18H21F5N4O. The predicted molar refractivity (Wildman–Crippen MR) is 92.9 cm³/mol. The lowest BCUT2D eigenvalue weighted by Crippen LogP contribution is -2.31. The van der Waals surface area contributed by atoms with Gasteiger partial charge in [-0.05, 0) is 31.7 Å². The van der Waals surface area contributed by atoms with Crippen LogP contribution in [-0.2, 0) is 17.8 Å². The topological polar surface area (TPSA) is 59.0 Å². The average molecular weight is 404 g/mol. The standard InChI is InChI=1S/C18H21F5N4O/c1-8(2)7-27-10(4)11(9(3)26-27)5-6-12(28)24-25-18-16(22)14(20)13(19)15(21)17(18)23/h8,25H,5-7H2,1-4H3,(H,24,28). The van der Waals surface area contributed by atoms with Crippen LogP contribution in [0.15, 0.2) is 0 Å². The average Bonchev–Trinajstić information content (AvgIpc) is 2.89. The van der Waals surface area contributed by atoms with Gasteiger partial charge in [0, 0.05) is 18.7 Å². The highest BCUT2D eigenvalue weighted by atomic mass is 19.2. The third-order valence-electron chi connectivity index (χ3n) is 4.21. The maximum atomic E-state index is 13.6. The lowest BCUT2D eigenvalue weighted by molar-refractivity contribution is -0.120. The highest BCUT2D eigenvalue weighted by Gasteiger charge is 2.26. The molecule has 1 aromatic carbocycles. The predicted octanol–water partition coefficient (Wildman–Crippen LogP) is 3.93. The third-order valence-corrected chi connectivity index (χ3v) is 4.21. The Kier molecular flexibility index (Phi) is 6.63. The van der Waals surface area contributed by atoms with Crippen molar-refractivity contribution in [3.63, 3.8) is 0 Å². The molecule has 1 heterocycles. The summed E-state index contributed by atoms with van der Waals surface area (Å²) in [6.07, 6.45) is 0.234. The molecular weight excluding hydrogens is 383 g/mol. The number of hydrogen-bond donors (Lipinski definition) is 2. The molecule has 0 spiro atoms. The van der Waals surface area contributed by atoms with Crippen LogP contribution in [-0.4, -0.2) is 15.7 Å². The summed E-state index contributed by atoms with van der Waals surface area (Å²) < 4.78 is 68.3. The van der Waals surface area contributed by atoms with E-state index in [0.29, 0.717) is 12.3 Å². The number of aromatic nitrogens is 2. The minimum atomic E-state index is -2.27. The number of hydrogen-bond acceptors (Lipinski definition) is 3. The van der Waals surface area contributed by atoms with Gasteiger partial charge in [0.1, 0.15) is 5.69 Å². The second-order valence-electron chi connectivity index (χ2n) is 6.84. The molecule has 10 heteroatoms.